The van der Waals surface area contributed by atoms with Crippen molar-refractivity contribution in [2.75, 3.05) is 13.1 Å². The highest BCUT2D eigenvalue weighted by atomic mass is 35.5. The summed E-state index contributed by atoms with van der Waals surface area (Å²) in [5.41, 5.74) is 6.12. The highest BCUT2D eigenvalue weighted by molar-refractivity contribution is 5.85. The fourth-order valence-corrected chi connectivity index (χ4v) is 4.09. The minimum absolute atomic E-state index is 0. The van der Waals surface area contributed by atoms with Crippen molar-refractivity contribution in [3.8, 4) is 0 Å². The van der Waals surface area contributed by atoms with Crippen LogP contribution >= 0.6 is 24.8 Å². The van der Waals surface area contributed by atoms with E-state index in [0.29, 0.717) is 24.2 Å². The monoisotopic (exact) mass is 391 g/mol. The number of amides is 1. The molecule has 25 heavy (non-hydrogen) atoms. The molecule has 144 valence electrons. The molecule has 1 aromatic heterocycles. The fraction of sp³-hybridized carbons (Fsp3) is 0.824. The van der Waals surface area contributed by atoms with E-state index in [1.165, 1.54) is 6.42 Å². The zero-order valence-electron chi connectivity index (χ0n) is 15.2. The number of likely N-dealkylation sites (tertiary alicyclic amines) is 1. The van der Waals surface area contributed by atoms with E-state index in [4.69, 9.17) is 5.73 Å². The number of nitrogens with zero attached hydrogens (tertiary/aromatic N) is 4. The Kier molecular flexibility index (Phi) is 8.64. The van der Waals surface area contributed by atoms with Crippen LogP contribution in [-0.4, -0.2) is 44.7 Å². The summed E-state index contributed by atoms with van der Waals surface area (Å²) in [6, 6.07) is 0.223. The maximum atomic E-state index is 12.6. The van der Waals surface area contributed by atoms with Crippen molar-refractivity contribution in [3.05, 3.63) is 11.6 Å². The summed E-state index contributed by atoms with van der Waals surface area (Å²) in [4.78, 5) is 19.0. The Morgan fingerprint density at radius 1 is 1.20 bits per heavy atom. The highest BCUT2D eigenvalue weighted by Gasteiger charge is 2.30. The molecule has 3 atom stereocenters. The molecule has 0 radical (unpaired) electrons. The van der Waals surface area contributed by atoms with Crippen LogP contribution < -0.4 is 5.73 Å². The van der Waals surface area contributed by atoms with E-state index < -0.39 is 0 Å². The van der Waals surface area contributed by atoms with E-state index in [2.05, 4.69) is 15.0 Å². The first-order valence-electron chi connectivity index (χ1n) is 8.94. The van der Waals surface area contributed by atoms with E-state index >= 15 is 0 Å². The average molecular weight is 392 g/mol. The van der Waals surface area contributed by atoms with Gasteiger partial charge in [0.15, 0.2) is 0 Å². The number of aryl methyl sites for hydroxylation is 2. The van der Waals surface area contributed by atoms with Gasteiger partial charge in [0, 0.05) is 32.1 Å². The zero-order chi connectivity index (χ0) is 16.4. The van der Waals surface area contributed by atoms with Crippen LogP contribution in [0.15, 0.2) is 0 Å². The molecular weight excluding hydrogens is 361 g/mol. The third kappa shape index (κ3) is 5.56. The molecule has 8 heteroatoms. The van der Waals surface area contributed by atoms with E-state index in [9.17, 15) is 4.79 Å². The second-order valence-corrected chi connectivity index (χ2v) is 7.30. The molecule has 2 heterocycles. The second-order valence-electron chi connectivity index (χ2n) is 7.30. The first-order valence-corrected chi connectivity index (χ1v) is 8.94. The van der Waals surface area contributed by atoms with Crippen molar-refractivity contribution in [2.24, 2.45) is 17.6 Å². The number of carbonyl (C=O) groups is 1. The molecule has 0 bridgehead atoms. The van der Waals surface area contributed by atoms with Gasteiger partial charge < -0.3 is 10.6 Å². The maximum absolute atomic E-state index is 12.6. The Hall–Kier alpha value is -0.850. The standard InChI is InChI=1S/C17H29N5O.2ClH/c1-12-19-13(2)22(20-12)11-14-5-4-8-21(10-14)17(23)9-15-6-3-7-16(15)18;;/h14-16H,3-11,18H2,1-2H3;2*1H/t14?,15-,16+;;/m0../s1. The van der Waals surface area contributed by atoms with Crippen LogP contribution in [0, 0.1) is 25.7 Å². The lowest BCUT2D eigenvalue weighted by Gasteiger charge is -2.33. The Morgan fingerprint density at radius 3 is 2.56 bits per heavy atom. The molecule has 0 aromatic carbocycles. The number of aromatic nitrogens is 3. The average Bonchev–Trinajstić information content (AvgIpc) is 3.05. The Morgan fingerprint density at radius 2 is 1.96 bits per heavy atom. The lowest BCUT2D eigenvalue weighted by Crippen LogP contribution is -2.42. The number of halogens is 2. The number of carbonyl (C=O) groups excluding carboxylic acids is 1. The largest absolute Gasteiger partial charge is 0.342 e. The van der Waals surface area contributed by atoms with Gasteiger partial charge in [0.1, 0.15) is 11.6 Å². The van der Waals surface area contributed by atoms with Crippen LogP contribution in [0.2, 0.25) is 0 Å². The number of piperidine rings is 1. The maximum Gasteiger partial charge on any atom is 0.222 e. The first kappa shape index (κ1) is 22.2. The Balaban J connectivity index is 0.00000156. The van der Waals surface area contributed by atoms with Crippen molar-refractivity contribution in [3.63, 3.8) is 0 Å². The van der Waals surface area contributed by atoms with Gasteiger partial charge in [0.2, 0.25) is 5.91 Å². The van der Waals surface area contributed by atoms with Crippen molar-refractivity contribution in [1.82, 2.24) is 19.7 Å². The molecule has 1 amide bonds. The van der Waals surface area contributed by atoms with E-state index in [1.54, 1.807) is 0 Å². The smallest absolute Gasteiger partial charge is 0.222 e. The molecule has 1 aliphatic carbocycles. The van der Waals surface area contributed by atoms with Crippen molar-refractivity contribution >= 4 is 30.7 Å². The number of hydrogen-bond acceptors (Lipinski definition) is 4. The molecule has 1 saturated carbocycles. The van der Waals surface area contributed by atoms with E-state index in [-0.39, 0.29) is 30.9 Å². The normalized spacial score (nSPS) is 26.0. The summed E-state index contributed by atoms with van der Waals surface area (Å²) in [7, 11) is 0. The summed E-state index contributed by atoms with van der Waals surface area (Å²) >= 11 is 0. The van der Waals surface area contributed by atoms with E-state index in [1.807, 2.05) is 18.5 Å². The molecule has 3 rings (SSSR count). The van der Waals surface area contributed by atoms with Crippen LogP contribution in [-0.2, 0) is 11.3 Å². The summed E-state index contributed by atoms with van der Waals surface area (Å²) < 4.78 is 1.99. The van der Waals surface area contributed by atoms with Gasteiger partial charge in [0.25, 0.3) is 0 Å². The third-order valence-corrected chi connectivity index (χ3v) is 5.42. The molecule has 2 aliphatic rings. The fourth-order valence-electron chi connectivity index (χ4n) is 4.09. The predicted octanol–water partition coefficient (Wildman–Crippen LogP) is 2.49. The second kappa shape index (κ2) is 9.74. The van der Waals surface area contributed by atoms with Crippen molar-refractivity contribution in [2.45, 2.75) is 65.0 Å². The summed E-state index contributed by atoms with van der Waals surface area (Å²) in [5, 5.41) is 4.45. The SMILES string of the molecule is Cc1nc(C)n(CC2CCCN(C(=O)C[C@@H]3CCC[C@H]3N)C2)n1.Cl.Cl. The van der Waals surface area contributed by atoms with Gasteiger partial charge >= 0.3 is 0 Å². The molecular formula is C17H31Cl2N5O. The molecule has 2 N–H and O–H groups in total. The molecule has 6 nitrogen and oxygen atoms in total. The number of hydrogen-bond donors (Lipinski definition) is 1. The van der Waals surface area contributed by atoms with Gasteiger partial charge in [-0.05, 0) is 51.4 Å². The van der Waals surface area contributed by atoms with Gasteiger partial charge in [0.05, 0.1) is 0 Å². The lowest BCUT2D eigenvalue weighted by atomic mass is 9.95. The Bertz CT molecular complexity index is 565. The van der Waals surface area contributed by atoms with Crippen molar-refractivity contribution in [1.29, 1.82) is 0 Å². The molecule has 1 aromatic rings. The van der Waals surface area contributed by atoms with Crippen LogP contribution in [0.3, 0.4) is 0 Å². The van der Waals surface area contributed by atoms with Crippen LogP contribution in [0.25, 0.3) is 0 Å². The topological polar surface area (TPSA) is 77.0 Å². The van der Waals surface area contributed by atoms with Crippen molar-refractivity contribution < 1.29 is 4.79 Å². The van der Waals surface area contributed by atoms with Crippen LogP contribution in [0.1, 0.15) is 50.2 Å². The molecule has 0 spiro atoms. The first-order chi connectivity index (χ1) is 11.0. The number of rotatable bonds is 4. The minimum Gasteiger partial charge on any atom is -0.342 e. The lowest BCUT2D eigenvalue weighted by molar-refractivity contribution is -0.134. The van der Waals surface area contributed by atoms with Gasteiger partial charge in [-0.1, -0.05) is 6.42 Å². The predicted molar refractivity (Wildman–Crippen MR) is 103 cm³/mol. The van der Waals surface area contributed by atoms with Crippen LogP contribution in [0.5, 0.6) is 0 Å². The molecule has 1 aliphatic heterocycles. The molecule has 1 saturated heterocycles. The number of nitrogens with two attached hydrogens (primary N) is 1. The molecule has 2 fully saturated rings. The van der Waals surface area contributed by atoms with Gasteiger partial charge in [-0.15, -0.1) is 24.8 Å². The zero-order valence-corrected chi connectivity index (χ0v) is 16.8. The van der Waals surface area contributed by atoms with E-state index in [0.717, 1.165) is 57.0 Å². The summed E-state index contributed by atoms with van der Waals surface area (Å²) in [6.07, 6.45) is 6.24. The Labute approximate surface area is 162 Å². The summed E-state index contributed by atoms with van der Waals surface area (Å²) in [5.74, 6) is 2.95. The minimum atomic E-state index is 0. The third-order valence-electron chi connectivity index (χ3n) is 5.42. The highest BCUT2D eigenvalue weighted by Crippen LogP contribution is 2.28. The molecule has 1 unspecified atom stereocenters. The van der Waals surface area contributed by atoms with Gasteiger partial charge in [-0.25, -0.2) is 9.67 Å². The van der Waals surface area contributed by atoms with Gasteiger partial charge in [-0.3, -0.25) is 4.79 Å². The van der Waals surface area contributed by atoms with Crippen LogP contribution in [0.4, 0.5) is 0 Å². The quantitative estimate of drug-likeness (QED) is 0.854. The van der Waals surface area contributed by atoms with Gasteiger partial charge in [-0.2, -0.15) is 5.10 Å². The summed E-state index contributed by atoms with van der Waals surface area (Å²) in [6.45, 7) is 6.52.